The number of rotatable bonds is 7. The molecule has 2 aliphatic heterocycles. The molecule has 1 saturated heterocycles. The molecule has 1 aliphatic carbocycles. The highest BCUT2D eigenvalue weighted by molar-refractivity contribution is 6.10. The number of fused-ring (bicyclic) bond motifs is 2. The van der Waals surface area contributed by atoms with E-state index in [9.17, 15) is 4.79 Å². The number of benzene rings is 3. The van der Waals surface area contributed by atoms with Gasteiger partial charge < -0.3 is 19.9 Å². The molecule has 1 saturated carbocycles. The Hall–Kier alpha value is -3.97. The second kappa shape index (κ2) is 10.1. The number of azo groups is 1. The number of carbonyl (C=O) groups excluding carboxylic acids is 1. The van der Waals surface area contributed by atoms with Crippen LogP contribution in [-0.4, -0.2) is 51.1 Å². The highest BCUT2D eigenvalue weighted by Crippen LogP contribution is 2.65. The molecule has 2 unspecified atom stereocenters. The number of amides is 1. The Morgan fingerprint density at radius 3 is 2.66 bits per heavy atom. The molecule has 7 heteroatoms. The molecule has 0 bridgehead atoms. The number of hydrogen-bond acceptors (Lipinski definition) is 6. The van der Waals surface area contributed by atoms with E-state index in [1.165, 1.54) is 11.3 Å². The van der Waals surface area contributed by atoms with E-state index in [0.717, 1.165) is 67.3 Å². The van der Waals surface area contributed by atoms with E-state index in [1.54, 1.807) is 13.3 Å². The number of ether oxygens (including phenoxy) is 1. The molecule has 3 aromatic rings. The second-order valence-corrected chi connectivity index (χ2v) is 10.4. The fraction of sp³-hybridized carbons (Fsp3) is 0.323. The molecule has 194 valence electrons. The number of nitrogens with one attached hydrogen (secondary N) is 1. The number of likely N-dealkylation sites (N-methyl/N-ethyl adjacent to an activating group) is 1. The van der Waals surface area contributed by atoms with Gasteiger partial charge in [0.1, 0.15) is 5.75 Å². The molecule has 6 rings (SSSR count). The first-order valence-electron chi connectivity index (χ1n) is 13.2. The lowest BCUT2D eigenvalue weighted by molar-refractivity contribution is -0.118. The average molecular weight is 508 g/mol. The summed E-state index contributed by atoms with van der Waals surface area (Å²) in [6.07, 6.45) is 5.38. The van der Waals surface area contributed by atoms with Crippen molar-refractivity contribution in [2.45, 2.75) is 24.2 Å². The summed E-state index contributed by atoms with van der Waals surface area (Å²) < 4.78 is 5.41. The number of hydrogen-bond donors (Lipinski definition) is 1. The van der Waals surface area contributed by atoms with Crippen molar-refractivity contribution in [2.24, 2.45) is 10.2 Å². The standard InChI is InChI=1S/C31H33N5O2/c1-35-15-17-36(18-16-35)25-10-8-22(9-11-25)5-4-14-32-34-24-7-3-6-23(19-24)28-21-31(28)27-20-26(38-2)12-13-29(27)33-30(31)37/h3-4,6-14,19-20,28H,5,15-18,21H2,1-2H3,(H,33,37)/b14-4-,34-32?. The summed E-state index contributed by atoms with van der Waals surface area (Å²) in [7, 11) is 3.83. The van der Waals surface area contributed by atoms with Crippen LogP contribution in [0.1, 0.15) is 29.0 Å². The largest absolute Gasteiger partial charge is 0.497 e. The molecular formula is C31H33N5O2. The van der Waals surface area contributed by atoms with Crippen LogP contribution in [0.2, 0.25) is 0 Å². The minimum absolute atomic E-state index is 0.0669. The Bertz CT molecular complexity index is 1390. The summed E-state index contributed by atoms with van der Waals surface area (Å²) in [5.41, 5.74) is 5.83. The normalized spacial score (nSPS) is 22.8. The summed E-state index contributed by atoms with van der Waals surface area (Å²) in [4.78, 5) is 17.8. The van der Waals surface area contributed by atoms with Crippen LogP contribution >= 0.6 is 0 Å². The maximum Gasteiger partial charge on any atom is 0.235 e. The lowest BCUT2D eigenvalue weighted by Crippen LogP contribution is -2.44. The monoisotopic (exact) mass is 507 g/mol. The van der Waals surface area contributed by atoms with Gasteiger partial charge in [-0.15, -0.1) is 0 Å². The fourth-order valence-corrected chi connectivity index (χ4v) is 5.75. The van der Waals surface area contributed by atoms with Crippen LogP contribution in [0.15, 0.2) is 89.2 Å². The van der Waals surface area contributed by atoms with Gasteiger partial charge in [-0.05, 0) is 79.0 Å². The Morgan fingerprint density at radius 2 is 1.87 bits per heavy atom. The fourth-order valence-electron chi connectivity index (χ4n) is 5.75. The van der Waals surface area contributed by atoms with Gasteiger partial charge in [-0.2, -0.15) is 10.2 Å². The molecular weight excluding hydrogens is 474 g/mol. The highest BCUT2D eigenvalue weighted by atomic mass is 16.5. The van der Waals surface area contributed by atoms with Gasteiger partial charge in [0.05, 0.1) is 18.2 Å². The van der Waals surface area contributed by atoms with E-state index in [0.29, 0.717) is 0 Å². The van der Waals surface area contributed by atoms with Gasteiger partial charge in [0, 0.05) is 49.7 Å². The predicted molar refractivity (Wildman–Crippen MR) is 151 cm³/mol. The van der Waals surface area contributed by atoms with Crippen molar-refractivity contribution in [1.82, 2.24) is 4.90 Å². The third kappa shape index (κ3) is 4.58. The molecule has 3 aliphatic rings. The van der Waals surface area contributed by atoms with Gasteiger partial charge in [-0.25, -0.2) is 0 Å². The number of allylic oxidation sites excluding steroid dienone is 1. The molecule has 0 radical (unpaired) electrons. The van der Waals surface area contributed by atoms with Gasteiger partial charge in [0.2, 0.25) is 5.91 Å². The first-order chi connectivity index (χ1) is 18.6. The minimum atomic E-state index is -0.514. The molecule has 38 heavy (non-hydrogen) atoms. The molecule has 2 atom stereocenters. The number of carbonyl (C=O) groups is 1. The maximum absolute atomic E-state index is 12.9. The summed E-state index contributed by atoms with van der Waals surface area (Å²) >= 11 is 0. The third-order valence-corrected chi connectivity index (χ3v) is 8.10. The van der Waals surface area contributed by atoms with E-state index >= 15 is 0 Å². The quantitative estimate of drug-likeness (QED) is 0.419. The zero-order chi connectivity index (χ0) is 26.1. The van der Waals surface area contributed by atoms with E-state index in [1.807, 2.05) is 42.5 Å². The lowest BCUT2D eigenvalue weighted by Gasteiger charge is -2.34. The van der Waals surface area contributed by atoms with Crippen molar-refractivity contribution in [2.75, 3.05) is 50.6 Å². The van der Waals surface area contributed by atoms with Gasteiger partial charge in [-0.3, -0.25) is 4.79 Å². The Balaban J connectivity index is 1.07. The number of piperazine rings is 1. The van der Waals surface area contributed by atoms with Crippen LogP contribution in [-0.2, 0) is 16.6 Å². The highest BCUT2D eigenvalue weighted by Gasteiger charge is 2.65. The van der Waals surface area contributed by atoms with Crippen LogP contribution in [0.3, 0.4) is 0 Å². The van der Waals surface area contributed by atoms with Crippen LogP contribution in [0, 0.1) is 0 Å². The molecule has 3 aromatic carbocycles. The molecule has 7 nitrogen and oxygen atoms in total. The van der Waals surface area contributed by atoms with Crippen LogP contribution in [0.5, 0.6) is 5.75 Å². The number of methoxy groups -OCH3 is 1. The average Bonchev–Trinajstić information content (AvgIpc) is 3.65. The van der Waals surface area contributed by atoms with Crippen LogP contribution in [0.4, 0.5) is 17.1 Å². The smallest absolute Gasteiger partial charge is 0.235 e. The van der Waals surface area contributed by atoms with Crippen molar-refractivity contribution in [1.29, 1.82) is 0 Å². The molecule has 0 aromatic heterocycles. The maximum atomic E-state index is 12.9. The Labute approximate surface area is 223 Å². The van der Waals surface area contributed by atoms with Crippen molar-refractivity contribution in [3.8, 4) is 5.75 Å². The topological polar surface area (TPSA) is 69.5 Å². The summed E-state index contributed by atoms with van der Waals surface area (Å²) in [6, 6.07) is 22.7. The van der Waals surface area contributed by atoms with Crippen molar-refractivity contribution in [3.05, 3.63) is 95.7 Å². The van der Waals surface area contributed by atoms with Gasteiger partial charge in [0.25, 0.3) is 0 Å². The van der Waals surface area contributed by atoms with Crippen molar-refractivity contribution in [3.63, 3.8) is 0 Å². The SMILES string of the molecule is COc1ccc2c(c1)C1(CC1c1cccc(N=N/C=C\Cc3ccc(N4CCN(C)CC4)cc3)c1)C(=O)N2. The van der Waals surface area contributed by atoms with Crippen LogP contribution < -0.4 is 15.0 Å². The van der Waals surface area contributed by atoms with E-state index in [2.05, 4.69) is 62.7 Å². The summed E-state index contributed by atoms with van der Waals surface area (Å²) in [5.74, 6) is 0.957. The van der Waals surface area contributed by atoms with Crippen molar-refractivity contribution < 1.29 is 9.53 Å². The molecule has 1 N–H and O–H groups in total. The third-order valence-electron chi connectivity index (χ3n) is 8.10. The molecule has 2 heterocycles. The van der Waals surface area contributed by atoms with E-state index in [4.69, 9.17) is 4.74 Å². The molecule has 2 fully saturated rings. The summed E-state index contributed by atoms with van der Waals surface area (Å²) in [6.45, 7) is 4.37. The predicted octanol–water partition coefficient (Wildman–Crippen LogP) is 5.66. The van der Waals surface area contributed by atoms with Crippen LogP contribution in [0.25, 0.3) is 0 Å². The lowest BCUT2D eigenvalue weighted by atomic mass is 9.92. The number of anilines is 2. The first kappa shape index (κ1) is 24.4. The molecule has 1 amide bonds. The summed E-state index contributed by atoms with van der Waals surface area (Å²) in [5, 5.41) is 11.7. The first-order valence-corrected chi connectivity index (χ1v) is 13.2. The zero-order valence-electron chi connectivity index (χ0n) is 21.9. The van der Waals surface area contributed by atoms with E-state index in [-0.39, 0.29) is 11.8 Å². The minimum Gasteiger partial charge on any atom is -0.497 e. The zero-order valence-corrected chi connectivity index (χ0v) is 21.9. The number of nitrogens with zero attached hydrogens (tertiary/aromatic N) is 4. The van der Waals surface area contributed by atoms with Crippen molar-refractivity contribution >= 4 is 23.0 Å². The van der Waals surface area contributed by atoms with E-state index < -0.39 is 5.41 Å². The van der Waals surface area contributed by atoms with Gasteiger partial charge in [0.15, 0.2) is 0 Å². The second-order valence-electron chi connectivity index (χ2n) is 10.4. The van der Waals surface area contributed by atoms with Gasteiger partial charge >= 0.3 is 0 Å². The van der Waals surface area contributed by atoms with Gasteiger partial charge in [-0.1, -0.05) is 30.3 Å². The molecule has 1 spiro atoms. The Kier molecular flexibility index (Phi) is 6.45. The Morgan fingerprint density at radius 1 is 1.05 bits per heavy atom.